The molecule has 0 aliphatic heterocycles. The molecule has 3 N–H and O–H groups in total. The first-order valence-corrected chi connectivity index (χ1v) is 13.3. The van der Waals surface area contributed by atoms with Crippen LogP contribution in [0.25, 0.3) is 0 Å². The SMILES string of the molecule is CC[C@H]1[C@@H](O)C2C3CC[C@H](C(C)CCNC(=O)OC)[C@@]3(C)CCC2[C@@]2(C)CC[C@@H](O)C[C@@H]12. The van der Waals surface area contributed by atoms with Crippen molar-refractivity contribution in [3.8, 4) is 0 Å². The smallest absolute Gasteiger partial charge is 0.406 e. The molecule has 0 aromatic carbocycles. The Bertz CT molecular complexity index is 685. The lowest BCUT2D eigenvalue weighted by atomic mass is 9.41. The van der Waals surface area contributed by atoms with Gasteiger partial charge >= 0.3 is 6.09 Å². The van der Waals surface area contributed by atoms with Gasteiger partial charge in [-0.25, -0.2) is 4.79 Å². The third kappa shape index (κ3) is 3.79. The predicted molar refractivity (Wildman–Crippen MR) is 126 cm³/mol. The van der Waals surface area contributed by atoms with Gasteiger partial charge in [-0.05, 0) is 104 Å². The molecule has 184 valence electrons. The zero-order valence-corrected chi connectivity index (χ0v) is 21.0. The van der Waals surface area contributed by atoms with E-state index in [0.29, 0.717) is 48.0 Å². The summed E-state index contributed by atoms with van der Waals surface area (Å²) in [6.45, 7) is 10.3. The Morgan fingerprint density at radius 3 is 2.44 bits per heavy atom. The quantitative estimate of drug-likeness (QED) is 0.552. The number of hydrogen-bond donors (Lipinski definition) is 3. The van der Waals surface area contributed by atoms with Gasteiger partial charge in [-0.1, -0.05) is 34.1 Å². The summed E-state index contributed by atoms with van der Waals surface area (Å²) in [4.78, 5) is 11.4. The number of hydrogen-bond acceptors (Lipinski definition) is 4. The highest BCUT2D eigenvalue weighted by atomic mass is 16.5. The van der Waals surface area contributed by atoms with Gasteiger partial charge in [0.05, 0.1) is 19.3 Å². The van der Waals surface area contributed by atoms with Crippen LogP contribution in [0.4, 0.5) is 4.79 Å². The largest absolute Gasteiger partial charge is 0.453 e. The van der Waals surface area contributed by atoms with E-state index in [4.69, 9.17) is 4.74 Å². The van der Waals surface area contributed by atoms with Gasteiger partial charge in [-0.3, -0.25) is 0 Å². The van der Waals surface area contributed by atoms with Crippen LogP contribution in [0.15, 0.2) is 0 Å². The second-order valence-corrected chi connectivity index (χ2v) is 12.3. The minimum atomic E-state index is -0.343. The number of aliphatic hydroxyl groups excluding tert-OH is 2. The average Bonchev–Trinajstić information content (AvgIpc) is 3.12. The molecule has 1 amide bonds. The lowest BCUT2D eigenvalue weighted by molar-refractivity contribution is -0.203. The van der Waals surface area contributed by atoms with E-state index in [0.717, 1.165) is 32.1 Å². The molecule has 11 atom stereocenters. The Hall–Kier alpha value is -0.810. The van der Waals surface area contributed by atoms with E-state index in [1.165, 1.54) is 32.8 Å². The topological polar surface area (TPSA) is 78.8 Å². The summed E-state index contributed by atoms with van der Waals surface area (Å²) in [7, 11) is 1.41. The highest BCUT2D eigenvalue weighted by Gasteiger charge is 2.64. The standard InChI is InChI=1S/C27H47NO4/c1-6-18-22-15-17(29)9-12-27(22,4)21-10-13-26(3)19(7-8-20(26)23(21)24(18)30)16(2)11-14-28-25(31)32-5/h16-24,29-30H,6-15H2,1-5H3,(H,28,31)/t16?,17-,18-,19-,20?,21?,22+,23?,24-,26-,27-/m1/s1. The van der Waals surface area contributed by atoms with Crippen LogP contribution in [0.1, 0.15) is 85.5 Å². The molecule has 4 rings (SSSR count). The van der Waals surface area contributed by atoms with Crippen molar-refractivity contribution in [2.24, 2.45) is 52.3 Å². The molecular formula is C27H47NO4. The number of aliphatic hydroxyl groups is 2. The van der Waals surface area contributed by atoms with Crippen LogP contribution < -0.4 is 5.32 Å². The first kappa shape index (κ1) is 24.3. The number of carbonyl (C=O) groups is 1. The van der Waals surface area contributed by atoms with Gasteiger partial charge in [0.25, 0.3) is 0 Å². The first-order valence-electron chi connectivity index (χ1n) is 13.3. The number of methoxy groups -OCH3 is 1. The number of amides is 1. The molecule has 0 radical (unpaired) electrons. The normalized spacial score (nSPS) is 48.8. The van der Waals surface area contributed by atoms with E-state index in [1.807, 2.05) is 0 Å². The molecule has 4 aliphatic carbocycles. The maximum absolute atomic E-state index is 11.8. The van der Waals surface area contributed by atoms with Crippen LogP contribution in [0.2, 0.25) is 0 Å². The molecule has 4 unspecified atom stereocenters. The van der Waals surface area contributed by atoms with Crippen molar-refractivity contribution in [2.75, 3.05) is 13.7 Å². The van der Waals surface area contributed by atoms with Crippen molar-refractivity contribution in [1.29, 1.82) is 0 Å². The van der Waals surface area contributed by atoms with Crippen molar-refractivity contribution >= 4 is 6.09 Å². The summed E-state index contributed by atoms with van der Waals surface area (Å²) in [6, 6.07) is 0. The van der Waals surface area contributed by atoms with E-state index in [-0.39, 0.29) is 29.1 Å². The highest BCUT2D eigenvalue weighted by Crippen LogP contribution is 2.69. The van der Waals surface area contributed by atoms with Crippen LogP contribution >= 0.6 is 0 Å². The summed E-state index contributed by atoms with van der Waals surface area (Å²) >= 11 is 0. The van der Waals surface area contributed by atoms with Gasteiger partial charge in [0.2, 0.25) is 0 Å². The predicted octanol–water partition coefficient (Wildman–Crippen LogP) is 5.00. The molecule has 0 aromatic rings. The van der Waals surface area contributed by atoms with Crippen molar-refractivity contribution < 1.29 is 19.7 Å². The molecule has 4 fully saturated rings. The highest BCUT2D eigenvalue weighted by molar-refractivity contribution is 5.66. The Morgan fingerprint density at radius 2 is 1.75 bits per heavy atom. The molecule has 4 saturated carbocycles. The second kappa shape index (κ2) is 9.09. The maximum atomic E-state index is 11.8. The molecule has 0 aromatic heterocycles. The third-order valence-corrected chi connectivity index (χ3v) is 11.2. The zero-order chi connectivity index (χ0) is 23.3. The van der Waals surface area contributed by atoms with Crippen LogP contribution in [0, 0.1) is 52.3 Å². The zero-order valence-electron chi connectivity index (χ0n) is 21.0. The minimum Gasteiger partial charge on any atom is -0.453 e. The van der Waals surface area contributed by atoms with Gasteiger partial charge in [0, 0.05) is 6.54 Å². The Labute approximate surface area is 195 Å². The molecule has 0 saturated heterocycles. The minimum absolute atomic E-state index is 0.185. The molecule has 5 nitrogen and oxygen atoms in total. The monoisotopic (exact) mass is 449 g/mol. The van der Waals surface area contributed by atoms with Gasteiger partial charge in [-0.2, -0.15) is 0 Å². The molecule has 4 aliphatic rings. The van der Waals surface area contributed by atoms with Crippen LogP contribution in [-0.2, 0) is 4.74 Å². The Balaban J connectivity index is 1.54. The number of rotatable bonds is 5. The van der Waals surface area contributed by atoms with Crippen molar-refractivity contribution in [1.82, 2.24) is 5.32 Å². The Morgan fingerprint density at radius 1 is 1.06 bits per heavy atom. The number of nitrogens with one attached hydrogen (secondary N) is 1. The molecule has 0 heterocycles. The summed E-state index contributed by atoms with van der Waals surface area (Å²) in [6.07, 6.45) is 9.11. The number of alkyl carbamates (subject to hydrolysis) is 1. The van der Waals surface area contributed by atoms with Gasteiger partial charge in [0.15, 0.2) is 0 Å². The van der Waals surface area contributed by atoms with Crippen LogP contribution in [0.3, 0.4) is 0 Å². The van der Waals surface area contributed by atoms with Crippen LogP contribution in [-0.4, -0.2) is 42.2 Å². The van der Waals surface area contributed by atoms with E-state index >= 15 is 0 Å². The number of ether oxygens (including phenoxy) is 1. The fraction of sp³-hybridized carbons (Fsp3) is 0.963. The summed E-state index contributed by atoms with van der Waals surface area (Å²) in [5.41, 5.74) is 0.543. The van der Waals surface area contributed by atoms with Crippen molar-refractivity contribution in [2.45, 2.75) is 97.7 Å². The summed E-state index contributed by atoms with van der Waals surface area (Å²) in [5, 5.41) is 25.1. The molecule has 5 heteroatoms. The summed E-state index contributed by atoms with van der Waals surface area (Å²) < 4.78 is 4.72. The van der Waals surface area contributed by atoms with Gasteiger partial charge in [-0.15, -0.1) is 0 Å². The van der Waals surface area contributed by atoms with Crippen molar-refractivity contribution in [3.63, 3.8) is 0 Å². The van der Waals surface area contributed by atoms with Crippen LogP contribution in [0.5, 0.6) is 0 Å². The van der Waals surface area contributed by atoms with E-state index < -0.39 is 0 Å². The number of fused-ring (bicyclic) bond motifs is 5. The average molecular weight is 450 g/mol. The van der Waals surface area contributed by atoms with Crippen molar-refractivity contribution in [3.05, 3.63) is 0 Å². The van der Waals surface area contributed by atoms with Gasteiger partial charge in [0.1, 0.15) is 0 Å². The third-order valence-electron chi connectivity index (χ3n) is 11.2. The van der Waals surface area contributed by atoms with E-state index in [1.54, 1.807) is 0 Å². The second-order valence-electron chi connectivity index (χ2n) is 12.3. The molecule has 0 spiro atoms. The Kier molecular flexibility index (Phi) is 6.91. The van der Waals surface area contributed by atoms with E-state index in [2.05, 4.69) is 33.0 Å². The fourth-order valence-corrected chi connectivity index (χ4v) is 9.61. The molecule has 32 heavy (non-hydrogen) atoms. The lowest BCUT2D eigenvalue weighted by Gasteiger charge is -2.64. The van der Waals surface area contributed by atoms with E-state index in [9.17, 15) is 15.0 Å². The summed E-state index contributed by atoms with van der Waals surface area (Å²) in [5.74, 6) is 3.56. The lowest BCUT2D eigenvalue weighted by Crippen LogP contribution is -2.62. The maximum Gasteiger partial charge on any atom is 0.406 e. The fourth-order valence-electron chi connectivity index (χ4n) is 9.61. The number of carbonyl (C=O) groups excluding carboxylic acids is 1. The molecule has 0 bridgehead atoms. The molecular weight excluding hydrogens is 402 g/mol. The van der Waals surface area contributed by atoms with Gasteiger partial charge < -0.3 is 20.3 Å². The first-order chi connectivity index (χ1) is 15.2.